The maximum atomic E-state index is 6.58. The Balaban J connectivity index is 1.21. The van der Waals surface area contributed by atoms with Crippen LogP contribution in [0.4, 0.5) is 0 Å². The first kappa shape index (κ1) is 24.8. The molecule has 2 heterocycles. The Morgan fingerprint density at radius 1 is 0.489 bits per heavy atom. The summed E-state index contributed by atoms with van der Waals surface area (Å²) >= 11 is 0. The van der Waals surface area contributed by atoms with Crippen LogP contribution in [0.25, 0.3) is 82.5 Å². The first-order valence-electron chi connectivity index (χ1n) is 15.7. The lowest BCUT2D eigenvalue weighted by molar-refractivity contribution is 0.647. The van der Waals surface area contributed by atoms with Crippen molar-refractivity contribution in [3.05, 3.63) is 151 Å². The summed E-state index contributed by atoms with van der Waals surface area (Å²) in [5, 5.41) is 7.35. The monoisotopic (exact) mass is 575 g/mol. The average Bonchev–Trinajstić information content (AvgIpc) is 3.69. The first-order valence-corrected chi connectivity index (χ1v) is 15.7. The van der Waals surface area contributed by atoms with Gasteiger partial charge in [0.15, 0.2) is 0 Å². The van der Waals surface area contributed by atoms with Crippen LogP contribution in [0.5, 0.6) is 0 Å². The third kappa shape index (κ3) is 3.34. The lowest BCUT2D eigenvalue weighted by Crippen LogP contribution is -2.14. The van der Waals surface area contributed by atoms with Gasteiger partial charge in [0.1, 0.15) is 11.2 Å². The average molecular weight is 576 g/mol. The van der Waals surface area contributed by atoms with Crippen LogP contribution < -0.4 is 0 Å². The van der Waals surface area contributed by atoms with Gasteiger partial charge in [-0.2, -0.15) is 0 Å². The van der Waals surface area contributed by atoms with Gasteiger partial charge in [0.2, 0.25) is 0 Å². The number of benzene rings is 7. The van der Waals surface area contributed by atoms with Crippen LogP contribution >= 0.6 is 0 Å². The van der Waals surface area contributed by atoms with Crippen molar-refractivity contribution in [3.63, 3.8) is 0 Å². The quantitative estimate of drug-likeness (QED) is 0.200. The van der Waals surface area contributed by atoms with Gasteiger partial charge >= 0.3 is 0 Å². The second-order valence-electron chi connectivity index (χ2n) is 13.0. The minimum absolute atomic E-state index is 0.0633. The third-order valence-corrected chi connectivity index (χ3v) is 10.2. The van der Waals surface area contributed by atoms with Crippen LogP contribution in [-0.2, 0) is 5.41 Å². The molecule has 45 heavy (non-hydrogen) atoms. The molecule has 2 nitrogen and oxygen atoms in total. The normalized spacial score (nSPS) is 13.7. The van der Waals surface area contributed by atoms with Crippen molar-refractivity contribution >= 4 is 54.5 Å². The van der Waals surface area contributed by atoms with Gasteiger partial charge in [-0.3, -0.25) is 0 Å². The Bertz CT molecular complexity index is 2680. The van der Waals surface area contributed by atoms with Crippen LogP contribution in [0.3, 0.4) is 0 Å². The third-order valence-electron chi connectivity index (χ3n) is 10.2. The molecule has 0 atom stereocenters. The predicted molar refractivity (Wildman–Crippen MR) is 189 cm³/mol. The molecule has 0 saturated carbocycles. The van der Waals surface area contributed by atoms with E-state index in [-0.39, 0.29) is 5.41 Å². The highest BCUT2D eigenvalue weighted by Crippen LogP contribution is 2.51. The fourth-order valence-electron chi connectivity index (χ4n) is 8.00. The van der Waals surface area contributed by atoms with E-state index in [0.29, 0.717) is 0 Å². The molecule has 9 aromatic rings. The van der Waals surface area contributed by atoms with Gasteiger partial charge in [-0.15, -0.1) is 0 Å². The molecule has 0 amide bonds. The Labute approximate surface area is 260 Å². The molecular formula is C43H29NO. The minimum atomic E-state index is -0.0633. The van der Waals surface area contributed by atoms with E-state index < -0.39 is 0 Å². The van der Waals surface area contributed by atoms with Gasteiger partial charge in [0, 0.05) is 32.6 Å². The molecule has 2 aromatic heterocycles. The molecule has 1 aliphatic carbocycles. The summed E-state index contributed by atoms with van der Waals surface area (Å²) in [6.07, 6.45) is 0. The van der Waals surface area contributed by atoms with E-state index in [1.54, 1.807) is 0 Å². The van der Waals surface area contributed by atoms with Gasteiger partial charge < -0.3 is 8.98 Å². The predicted octanol–water partition coefficient (Wildman–Crippen LogP) is 11.8. The van der Waals surface area contributed by atoms with Crippen molar-refractivity contribution < 1.29 is 4.42 Å². The van der Waals surface area contributed by atoms with E-state index in [1.807, 2.05) is 0 Å². The Morgan fingerprint density at radius 3 is 2.20 bits per heavy atom. The van der Waals surface area contributed by atoms with Crippen LogP contribution in [0, 0.1) is 0 Å². The number of fused-ring (bicyclic) bond motifs is 10. The molecule has 1 aliphatic rings. The summed E-state index contributed by atoms with van der Waals surface area (Å²) in [5.41, 5.74) is 13.1. The van der Waals surface area contributed by atoms with Crippen molar-refractivity contribution in [2.45, 2.75) is 19.3 Å². The number of rotatable bonds is 2. The zero-order chi connectivity index (χ0) is 29.9. The fraction of sp³-hybridized carbons (Fsp3) is 0.0698. The largest absolute Gasteiger partial charge is 0.456 e. The topological polar surface area (TPSA) is 18.1 Å². The number of furan rings is 1. The molecule has 2 heteroatoms. The molecule has 0 bridgehead atoms. The summed E-state index contributed by atoms with van der Waals surface area (Å²) in [7, 11) is 0. The fourth-order valence-corrected chi connectivity index (χ4v) is 8.00. The van der Waals surface area contributed by atoms with Crippen LogP contribution in [0.2, 0.25) is 0 Å². The second kappa shape index (κ2) is 8.74. The number of nitrogens with zero attached hydrogens (tertiary/aromatic N) is 1. The smallest absolute Gasteiger partial charge is 0.136 e. The first-order chi connectivity index (χ1) is 22.1. The van der Waals surface area contributed by atoms with Gasteiger partial charge in [-0.1, -0.05) is 105 Å². The lowest BCUT2D eigenvalue weighted by atomic mass is 9.82. The van der Waals surface area contributed by atoms with E-state index in [9.17, 15) is 0 Å². The van der Waals surface area contributed by atoms with Gasteiger partial charge in [0.25, 0.3) is 0 Å². The summed E-state index contributed by atoms with van der Waals surface area (Å²) in [6.45, 7) is 4.64. The molecule has 0 saturated heterocycles. The van der Waals surface area contributed by atoms with Crippen molar-refractivity contribution in [2.24, 2.45) is 0 Å². The highest BCUT2D eigenvalue weighted by molar-refractivity contribution is 6.16. The minimum Gasteiger partial charge on any atom is -0.456 e. The maximum absolute atomic E-state index is 6.58. The van der Waals surface area contributed by atoms with Crippen LogP contribution in [-0.4, -0.2) is 4.57 Å². The number of para-hydroxylation sites is 1. The Hall–Kier alpha value is -5.60. The Morgan fingerprint density at radius 2 is 1.27 bits per heavy atom. The van der Waals surface area contributed by atoms with Crippen LogP contribution in [0.15, 0.2) is 144 Å². The molecule has 10 rings (SSSR count). The van der Waals surface area contributed by atoms with Crippen molar-refractivity contribution in [2.75, 3.05) is 0 Å². The number of hydrogen-bond donors (Lipinski definition) is 0. The summed E-state index contributed by atoms with van der Waals surface area (Å²) in [6, 6.07) is 51.0. The van der Waals surface area contributed by atoms with Crippen molar-refractivity contribution in [3.8, 4) is 27.9 Å². The van der Waals surface area contributed by atoms with E-state index in [2.05, 4.69) is 158 Å². The van der Waals surface area contributed by atoms with Gasteiger partial charge in [-0.25, -0.2) is 0 Å². The number of aromatic nitrogens is 1. The molecule has 0 N–H and O–H groups in total. The zero-order valence-electron chi connectivity index (χ0n) is 25.1. The summed E-state index contributed by atoms with van der Waals surface area (Å²) < 4.78 is 8.98. The molecule has 212 valence electrons. The highest BCUT2D eigenvalue weighted by atomic mass is 16.3. The second-order valence-corrected chi connectivity index (χ2v) is 13.0. The summed E-state index contributed by atoms with van der Waals surface area (Å²) in [5.74, 6) is 0. The number of hydrogen-bond acceptors (Lipinski definition) is 1. The van der Waals surface area contributed by atoms with Crippen molar-refractivity contribution in [1.82, 2.24) is 4.57 Å². The van der Waals surface area contributed by atoms with Crippen molar-refractivity contribution in [1.29, 1.82) is 0 Å². The molecule has 0 fully saturated rings. The highest BCUT2D eigenvalue weighted by Gasteiger charge is 2.36. The molecular weight excluding hydrogens is 546 g/mol. The molecule has 0 spiro atoms. The SMILES string of the molecule is CC1(C)c2ccccc2-c2cc3c(cc21)oc1cccc(-c2ccc4c(c2)c2ccccc2n4-c2ccc4ccccc4c2)c13. The van der Waals surface area contributed by atoms with E-state index in [1.165, 1.54) is 82.4 Å². The summed E-state index contributed by atoms with van der Waals surface area (Å²) in [4.78, 5) is 0. The maximum Gasteiger partial charge on any atom is 0.136 e. The molecule has 0 radical (unpaired) electrons. The molecule has 0 unspecified atom stereocenters. The standard InChI is InChI=1S/C43H29NO/c1-43(2)36-15-7-5-12-31(36)33-24-35-41(25-37(33)43)45-40-17-9-14-30(42(35)40)28-19-21-39-34(23-28)32-13-6-8-16-38(32)44(39)29-20-18-26-10-3-4-11-27(26)22-29/h3-25H,1-2H3. The Kier molecular flexibility index (Phi) is 4.82. The van der Waals surface area contributed by atoms with E-state index in [4.69, 9.17) is 4.42 Å². The molecule has 7 aromatic carbocycles. The zero-order valence-corrected chi connectivity index (χ0v) is 25.1. The van der Waals surface area contributed by atoms with E-state index in [0.717, 1.165) is 11.2 Å². The van der Waals surface area contributed by atoms with Gasteiger partial charge in [0.05, 0.1) is 11.0 Å². The lowest BCUT2D eigenvalue weighted by Gasteiger charge is -2.21. The molecule has 0 aliphatic heterocycles. The van der Waals surface area contributed by atoms with Gasteiger partial charge in [-0.05, 0) is 92.7 Å². The van der Waals surface area contributed by atoms with E-state index >= 15 is 0 Å². The van der Waals surface area contributed by atoms with Crippen LogP contribution in [0.1, 0.15) is 25.0 Å².